The van der Waals surface area contributed by atoms with Crippen LogP contribution in [0.2, 0.25) is 0 Å². The van der Waals surface area contributed by atoms with Gasteiger partial charge in [0.2, 0.25) is 0 Å². The maximum atomic E-state index is 6.43. The van der Waals surface area contributed by atoms with Gasteiger partial charge in [0.1, 0.15) is 33.5 Å². The Kier molecular flexibility index (Phi) is 6.22. The van der Waals surface area contributed by atoms with Gasteiger partial charge >= 0.3 is 0 Å². The van der Waals surface area contributed by atoms with Crippen LogP contribution in [-0.4, -0.2) is 0 Å². The molecule has 0 saturated carbocycles. The van der Waals surface area contributed by atoms with Gasteiger partial charge in [-0.25, -0.2) is 0 Å². The second kappa shape index (κ2) is 11.2. The van der Waals surface area contributed by atoms with Gasteiger partial charge in [-0.15, -0.1) is 0 Å². The Labute approximate surface area is 298 Å². The van der Waals surface area contributed by atoms with Crippen LogP contribution in [0.5, 0.6) is 0 Å². The molecule has 0 N–H and O–H groups in total. The maximum Gasteiger partial charge on any atom is 0.143 e. The summed E-state index contributed by atoms with van der Waals surface area (Å²) in [5, 5.41) is 6.52. The molecule has 52 heavy (non-hydrogen) atoms. The van der Waals surface area contributed by atoms with Crippen LogP contribution in [0.4, 0.5) is 17.1 Å². The number of fused-ring (bicyclic) bond motifs is 9. The molecule has 4 nitrogen and oxygen atoms in total. The molecule has 0 amide bonds. The van der Waals surface area contributed by atoms with Gasteiger partial charge in [-0.2, -0.15) is 0 Å². The van der Waals surface area contributed by atoms with Crippen molar-refractivity contribution in [2.24, 2.45) is 0 Å². The molecule has 8 aromatic carbocycles. The highest BCUT2D eigenvalue weighted by Crippen LogP contribution is 2.43. The summed E-state index contributed by atoms with van der Waals surface area (Å²) < 4.78 is 19.1. The molecule has 11 aromatic rings. The number of hydrogen-bond donors (Lipinski definition) is 0. The lowest BCUT2D eigenvalue weighted by Crippen LogP contribution is -2.09. The predicted molar refractivity (Wildman–Crippen MR) is 214 cm³/mol. The number of para-hydroxylation sites is 3. The Morgan fingerprint density at radius 3 is 1.48 bits per heavy atom. The van der Waals surface area contributed by atoms with Crippen LogP contribution in [0.25, 0.3) is 88.1 Å². The fraction of sp³-hybridized carbons (Fsp3) is 0. The zero-order valence-corrected chi connectivity index (χ0v) is 27.9. The molecular weight excluding hydrogens is 639 g/mol. The van der Waals surface area contributed by atoms with E-state index < -0.39 is 0 Å². The number of nitrogens with zero attached hydrogens (tertiary/aromatic N) is 1. The van der Waals surface area contributed by atoms with Gasteiger partial charge in [0, 0.05) is 54.9 Å². The van der Waals surface area contributed by atoms with Crippen molar-refractivity contribution in [3.63, 3.8) is 0 Å². The molecule has 0 fully saturated rings. The largest absolute Gasteiger partial charge is 0.456 e. The highest BCUT2D eigenvalue weighted by molar-refractivity contribution is 6.12. The third-order valence-electron chi connectivity index (χ3n) is 10.3. The van der Waals surface area contributed by atoms with Crippen molar-refractivity contribution in [3.05, 3.63) is 176 Å². The van der Waals surface area contributed by atoms with Crippen molar-refractivity contribution in [2.45, 2.75) is 0 Å². The average molecular weight is 668 g/mol. The molecular formula is C48H29NO3. The second-order valence-electron chi connectivity index (χ2n) is 13.3. The van der Waals surface area contributed by atoms with Crippen molar-refractivity contribution in [1.82, 2.24) is 0 Å². The molecule has 11 rings (SSSR count). The summed E-state index contributed by atoms with van der Waals surface area (Å²) in [6.07, 6.45) is 0. The number of hydrogen-bond acceptors (Lipinski definition) is 4. The standard InChI is InChI=1S/C48H29NO3/c1-2-9-30(10-3-1)31-17-20-33(21-18-31)49(34-22-25-46-41(28-34)38-12-5-6-15-43(38)50-46)35-23-26-47-42(29-35)40-27-32(19-24-45(40)51-47)36-13-8-14-39-37-11-4-7-16-44(37)52-48(36)39/h1-29H. The molecule has 0 saturated heterocycles. The highest BCUT2D eigenvalue weighted by Gasteiger charge is 2.19. The summed E-state index contributed by atoms with van der Waals surface area (Å²) in [4.78, 5) is 2.31. The van der Waals surface area contributed by atoms with E-state index >= 15 is 0 Å². The summed E-state index contributed by atoms with van der Waals surface area (Å²) >= 11 is 0. The minimum atomic E-state index is 0.841. The summed E-state index contributed by atoms with van der Waals surface area (Å²) in [7, 11) is 0. The summed E-state index contributed by atoms with van der Waals surface area (Å²) in [5.41, 5.74) is 12.8. The van der Waals surface area contributed by atoms with Crippen LogP contribution >= 0.6 is 0 Å². The molecule has 0 spiro atoms. The topological polar surface area (TPSA) is 42.7 Å². The Balaban J connectivity index is 1.09. The predicted octanol–water partition coefficient (Wildman–Crippen LogP) is 14.2. The first kappa shape index (κ1) is 28.8. The monoisotopic (exact) mass is 667 g/mol. The first-order valence-electron chi connectivity index (χ1n) is 17.5. The first-order chi connectivity index (χ1) is 25.7. The quantitative estimate of drug-likeness (QED) is 0.183. The van der Waals surface area contributed by atoms with Gasteiger partial charge in [-0.05, 0) is 89.5 Å². The van der Waals surface area contributed by atoms with Gasteiger partial charge in [-0.1, -0.05) is 103 Å². The van der Waals surface area contributed by atoms with E-state index in [9.17, 15) is 0 Å². The Bertz CT molecular complexity index is 3130. The molecule has 3 heterocycles. The second-order valence-corrected chi connectivity index (χ2v) is 13.3. The van der Waals surface area contributed by atoms with Gasteiger partial charge in [0.15, 0.2) is 0 Å². The van der Waals surface area contributed by atoms with Crippen molar-refractivity contribution in [2.75, 3.05) is 4.90 Å². The fourth-order valence-electron chi connectivity index (χ4n) is 7.78. The highest BCUT2D eigenvalue weighted by atomic mass is 16.3. The zero-order valence-electron chi connectivity index (χ0n) is 27.9. The lowest BCUT2D eigenvalue weighted by molar-refractivity contribution is 0.668. The number of rotatable bonds is 5. The van der Waals surface area contributed by atoms with E-state index in [2.05, 4.69) is 150 Å². The van der Waals surface area contributed by atoms with E-state index in [-0.39, 0.29) is 0 Å². The summed E-state index contributed by atoms with van der Waals surface area (Å²) in [6.45, 7) is 0. The van der Waals surface area contributed by atoms with Crippen molar-refractivity contribution < 1.29 is 13.3 Å². The van der Waals surface area contributed by atoms with Crippen molar-refractivity contribution >= 4 is 82.9 Å². The Hall–Kier alpha value is -7.04. The normalized spacial score (nSPS) is 11.8. The van der Waals surface area contributed by atoms with Gasteiger partial charge in [0.25, 0.3) is 0 Å². The van der Waals surface area contributed by atoms with Crippen LogP contribution in [0.15, 0.2) is 189 Å². The first-order valence-corrected chi connectivity index (χ1v) is 17.5. The molecule has 0 atom stereocenters. The van der Waals surface area contributed by atoms with E-state index in [0.29, 0.717) is 0 Å². The minimum Gasteiger partial charge on any atom is -0.456 e. The van der Waals surface area contributed by atoms with Crippen LogP contribution in [0, 0.1) is 0 Å². The summed E-state index contributed by atoms with van der Waals surface area (Å²) in [5.74, 6) is 0. The van der Waals surface area contributed by atoms with Crippen LogP contribution in [0.1, 0.15) is 0 Å². The lowest BCUT2D eigenvalue weighted by Gasteiger charge is -2.26. The van der Waals surface area contributed by atoms with Crippen LogP contribution < -0.4 is 4.90 Å². The van der Waals surface area contributed by atoms with Gasteiger partial charge in [0.05, 0.1) is 0 Å². The smallest absolute Gasteiger partial charge is 0.143 e. The fourth-order valence-corrected chi connectivity index (χ4v) is 7.78. The molecule has 0 bridgehead atoms. The molecule has 4 heteroatoms. The van der Waals surface area contributed by atoms with E-state index in [1.807, 2.05) is 30.3 Å². The SMILES string of the molecule is c1ccc(-c2ccc(N(c3ccc4oc5ccccc5c4c3)c3ccc4oc5ccc(-c6cccc7c6oc6ccccc67)cc5c4c3)cc2)cc1. The number of furan rings is 3. The zero-order chi connectivity index (χ0) is 34.2. The van der Waals surface area contributed by atoms with Crippen LogP contribution in [-0.2, 0) is 0 Å². The third-order valence-corrected chi connectivity index (χ3v) is 10.3. The average Bonchev–Trinajstić information content (AvgIpc) is 3.89. The minimum absolute atomic E-state index is 0.841. The van der Waals surface area contributed by atoms with E-state index in [0.717, 1.165) is 94.0 Å². The van der Waals surface area contributed by atoms with Crippen molar-refractivity contribution in [3.8, 4) is 22.3 Å². The van der Waals surface area contributed by atoms with E-state index in [1.54, 1.807) is 0 Å². The van der Waals surface area contributed by atoms with Crippen LogP contribution in [0.3, 0.4) is 0 Å². The van der Waals surface area contributed by atoms with Gasteiger partial charge in [-0.3, -0.25) is 0 Å². The molecule has 0 unspecified atom stereocenters. The third kappa shape index (κ3) is 4.48. The Morgan fingerprint density at radius 1 is 0.288 bits per heavy atom. The number of anilines is 3. The Morgan fingerprint density at radius 2 is 0.769 bits per heavy atom. The lowest BCUT2D eigenvalue weighted by atomic mass is 10.00. The summed E-state index contributed by atoms with van der Waals surface area (Å²) in [6, 6.07) is 61.4. The van der Waals surface area contributed by atoms with E-state index in [1.165, 1.54) is 11.1 Å². The maximum absolute atomic E-state index is 6.43. The molecule has 0 radical (unpaired) electrons. The van der Waals surface area contributed by atoms with Crippen molar-refractivity contribution in [1.29, 1.82) is 0 Å². The molecule has 0 aliphatic carbocycles. The molecule has 0 aliphatic rings. The van der Waals surface area contributed by atoms with E-state index in [4.69, 9.17) is 13.3 Å². The van der Waals surface area contributed by atoms with Gasteiger partial charge < -0.3 is 18.2 Å². The number of benzene rings is 8. The molecule has 0 aliphatic heterocycles. The molecule has 3 aromatic heterocycles. The molecule has 244 valence electrons.